The molecule has 1 aromatic heterocycles. The topological polar surface area (TPSA) is 46.4 Å². The number of hydrogen-bond donors (Lipinski definition) is 2. The van der Waals surface area contributed by atoms with Crippen LogP contribution in [0.3, 0.4) is 0 Å². The van der Waals surface area contributed by atoms with Gasteiger partial charge in [0.2, 0.25) is 0 Å². The van der Waals surface area contributed by atoms with Gasteiger partial charge in [-0.05, 0) is 12.1 Å². The molecule has 0 radical (unpaired) electrons. The van der Waals surface area contributed by atoms with Gasteiger partial charge in [0.25, 0.3) is 0 Å². The van der Waals surface area contributed by atoms with Gasteiger partial charge in [-0.1, -0.05) is 12.1 Å². The number of fused-ring (bicyclic) bond motifs is 1. The third kappa shape index (κ3) is 2.28. The minimum absolute atomic E-state index is 0.373. The smallest absolute Gasteiger partial charge is 0.136 e. The van der Waals surface area contributed by atoms with Crippen molar-refractivity contribution in [2.75, 3.05) is 31.6 Å². The summed E-state index contributed by atoms with van der Waals surface area (Å²) in [6.45, 7) is 3.36. The number of hydrogen-bond acceptors (Lipinski definition) is 4. The number of ether oxygens (including phenoxy) is 1. The predicted molar refractivity (Wildman–Crippen MR) is 67.3 cm³/mol. The summed E-state index contributed by atoms with van der Waals surface area (Å²) in [5.41, 5.74) is 1.97. The van der Waals surface area contributed by atoms with E-state index in [0.29, 0.717) is 6.04 Å². The van der Waals surface area contributed by atoms with Crippen molar-refractivity contribution in [1.82, 2.24) is 5.32 Å². The molecule has 3 rings (SSSR count). The van der Waals surface area contributed by atoms with Gasteiger partial charge in [0, 0.05) is 24.5 Å². The van der Waals surface area contributed by atoms with Crippen molar-refractivity contribution in [2.24, 2.45) is 0 Å². The molecule has 2 aromatic rings. The van der Waals surface area contributed by atoms with Gasteiger partial charge in [-0.25, -0.2) is 0 Å². The van der Waals surface area contributed by atoms with Crippen LogP contribution in [0.15, 0.2) is 34.9 Å². The first-order valence-electron chi connectivity index (χ1n) is 5.95. The van der Waals surface area contributed by atoms with Gasteiger partial charge in [0.1, 0.15) is 11.8 Å². The third-order valence-corrected chi connectivity index (χ3v) is 3.02. The van der Waals surface area contributed by atoms with E-state index in [1.54, 1.807) is 6.26 Å². The average molecular weight is 232 g/mol. The Morgan fingerprint density at radius 1 is 1.35 bits per heavy atom. The number of para-hydroxylation sites is 1. The molecular weight excluding hydrogens is 216 g/mol. The fourth-order valence-electron chi connectivity index (χ4n) is 2.10. The van der Waals surface area contributed by atoms with E-state index in [2.05, 4.69) is 16.7 Å². The lowest BCUT2D eigenvalue weighted by Crippen LogP contribution is -2.45. The highest BCUT2D eigenvalue weighted by atomic mass is 16.5. The minimum Gasteiger partial charge on any atom is -0.462 e. The zero-order valence-corrected chi connectivity index (χ0v) is 9.61. The Morgan fingerprint density at radius 2 is 2.29 bits per heavy atom. The molecule has 1 aliphatic rings. The summed E-state index contributed by atoms with van der Waals surface area (Å²) in [6.07, 6.45) is 1.77. The highest BCUT2D eigenvalue weighted by molar-refractivity contribution is 5.90. The first-order valence-corrected chi connectivity index (χ1v) is 5.95. The van der Waals surface area contributed by atoms with Gasteiger partial charge in [-0.2, -0.15) is 0 Å². The second-order valence-electron chi connectivity index (χ2n) is 4.25. The molecule has 0 spiro atoms. The molecule has 1 unspecified atom stereocenters. The van der Waals surface area contributed by atoms with Gasteiger partial charge in [0.15, 0.2) is 0 Å². The third-order valence-electron chi connectivity index (χ3n) is 3.02. The summed E-state index contributed by atoms with van der Waals surface area (Å²) in [7, 11) is 0. The van der Waals surface area contributed by atoms with Crippen molar-refractivity contribution in [3.8, 4) is 0 Å². The van der Waals surface area contributed by atoms with Gasteiger partial charge in [-0.15, -0.1) is 0 Å². The number of nitrogens with one attached hydrogen (secondary N) is 2. The van der Waals surface area contributed by atoms with Crippen LogP contribution in [0, 0.1) is 0 Å². The second-order valence-corrected chi connectivity index (χ2v) is 4.25. The number of furan rings is 1. The molecule has 1 fully saturated rings. The molecule has 1 atom stereocenters. The molecule has 90 valence electrons. The molecule has 4 nitrogen and oxygen atoms in total. The lowest BCUT2D eigenvalue weighted by Gasteiger charge is -2.24. The minimum atomic E-state index is 0.373. The van der Waals surface area contributed by atoms with Crippen molar-refractivity contribution >= 4 is 16.7 Å². The van der Waals surface area contributed by atoms with Crippen molar-refractivity contribution in [3.63, 3.8) is 0 Å². The summed E-state index contributed by atoms with van der Waals surface area (Å²) in [4.78, 5) is 0. The largest absolute Gasteiger partial charge is 0.462 e. The van der Waals surface area contributed by atoms with Crippen molar-refractivity contribution < 1.29 is 9.15 Å². The molecule has 17 heavy (non-hydrogen) atoms. The molecule has 4 heteroatoms. The molecule has 1 saturated heterocycles. The number of morpholine rings is 1. The summed E-state index contributed by atoms with van der Waals surface area (Å²) < 4.78 is 10.9. The normalized spacial score (nSPS) is 20.6. The maximum absolute atomic E-state index is 5.47. The van der Waals surface area contributed by atoms with E-state index in [-0.39, 0.29) is 0 Å². The van der Waals surface area contributed by atoms with Gasteiger partial charge < -0.3 is 19.8 Å². The summed E-state index contributed by atoms with van der Waals surface area (Å²) >= 11 is 0. The molecule has 1 aliphatic heterocycles. The molecule has 0 saturated carbocycles. The van der Waals surface area contributed by atoms with E-state index in [4.69, 9.17) is 9.15 Å². The van der Waals surface area contributed by atoms with Crippen LogP contribution < -0.4 is 10.6 Å². The van der Waals surface area contributed by atoms with E-state index in [1.807, 2.05) is 18.2 Å². The maximum Gasteiger partial charge on any atom is 0.136 e. The Balaban J connectivity index is 1.68. The first-order chi connectivity index (χ1) is 8.43. The number of benzene rings is 1. The second kappa shape index (κ2) is 4.77. The van der Waals surface area contributed by atoms with Crippen LogP contribution in [-0.2, 0) is 4.74 Å². The van der Waals surface area contributed by atoms with Crippen molar-refractivity contribution in [1.29, 1.82) is 0 Å². The monoisotopic (exact) mass is 232 g/mol. The van der Waals surface area contributed by atoms with Crippen LogP contribution in [0.5, 0.6) is 0 Å². The standard InChI is InChI=1S/C13H16N2O2/c1-2-4-13-11(3-1)12(9-17-13)15-7-10-8-16-6-5-14-10/h1-4,9-10,14-15H,5-8H2. The van der Waals surface area contributed by atoms with E-state index < -0.39 is 0 Å². The van der Waals surface area contributed by atoms with Crippen LogP contribution in [-0.4, -0.2) is 32.3 Å². The van der Waals surface area contributed by atoms with Crippen LogP contribution in [0.2, 0.25) is 0 Å². The van der Waals surface area contributed by atoms with Gasteiger partial charge in [0.05, 0.1) is 18.9 Å². The zero-order chi connectivity index (χ0) is 11.5. The fraction of sp³-hybridized carbons (Fsp3) is 0.385. The lowest BCUT2D eigenvalue weighted by molar-refractivity contribution is 0.0806. The van der Waals surface area contributed by atoms with Gasteiger partial charge in [-0.3, -0.25) is 0 Å². The Kier molecular flexibility index (Phi) is 2.98. The fourth-order valence-corrected chi connectivity index (χ4v) is 2.10. The summed E-state index contributed by atoms with van der Waals surface area (Å²) in [6, 6.07) is 8.41. The molecule has 1 aromatic carbocycles. The van der Waals surface area contributed by atoms with Crippen LogP contribution >= 0.6 is 0 Å². The van der Waals surface area contributed by atoms with E-state index in [0.717, 1.165) is 43.0 Å². The SMILES string of the molecule is c1ccc2c(NCC3COCCN3)coc2c1. The van der Waals surface area contributed by atoms with Gasteiger partial charge >= 0.3 is 0 Å². The number of anilines is 1. The first kappa shape index (κ1) is 10.6. The summed E-state index contributed by atoms with van der Waals surface area (Å²) in [5, 5.41) is 7.94. The maximum atomic E-state index is 5.47. The molecule has 2 heterocycles. The van der Waals surface area contributed by atoms with Crippen LogP contribution in [0.4, 0.5) is 5.69 Å². The molecule has 0 aliphatic carbocycles. The van der Waals surface area contributed by atoms with E-state index in [9.17, 15) is 0 Å². The molecule has 0 bridgehead atoms. The molecule has 2 N–H and O–H groups in total. The van der Waals surface area contributed by atoms with Crippen LogP contribution in [0.1, 0.15) is 0 Å². The van der Waals surface area contributed by atoms with Crippen molar-refractivity contribution in [2.45, 2.75) is 6.04 Å². The average Bonchev–Trinajstić information content (AvgIpc) is 2.81. The highest BCUT2D eigenvalue weighted by Gasteiger charge is 2.13. The lowest BCUT2D eigenvalue weighted by atomic mass is 10.2. The van der Waals surface area contributed by atoms with E-state index in [1.165, 1.54) is 0 Å². The number of rotatable bonds is 3. The Labute approximate surface area is 99.9 Å². The predicted octanol–water partition coefficient (Wildman–Crippen LogP) is 1.83. The zero-order valence-electron chi connectivity index (χ0n) is 9.61. The van der Waals surface area contributed by atoms with E-state index >= 15 is 0 Å². The highest BCUT2D eigenvalue weighted by Crippen LogP contribution is 2.25. The Hall–Kier alpha value is -1.52. The summed E-state index contributed by atoms with van der Waals surface area (Å²) in [5.74, 6) is 0. The molecular formula is C13H16N2O2. The quantitative estimate of drug-likeness (QED) is 0.847. The Bertz CT molecular complexity index is 489. The van der Waals surface area contributed by atoms with Crippen LogP contribution in [0.25, 0.3) is 11.0 Å². The molecule has 0 amide bonds. The van der Waals surface area contributed by atoms with Crippen molar-refractivity contribution in [3.05, 3.63) is 30.5 Å². The Morgan fingerprint density at radius 3 is 3.18 bits per heavy atom.